The lowest BCUT2D eigenvalue weighted by molar-refractivity contribution is 0.100. The van der Waals surface area contributed by atoms with Gasteiger partial charge in [-0.05, 0) is 24.6 Å². The first-order valence-electron chi connectivity index (χ1n) is 8.30. The van der Waals surface area contributed by atoms with Crippen LogP contribution < -0.4 is 16.0 Å². The van der Waals surface area contributed by atoms with Crippen LogP contribution in [0.5, 0.6) is 0 Å². The Hall–Kier alpha value is -3.09. The molecule has 0 radical (unpaired) electrons. The van der Waals surface area contributed by atoms with Crippen LogP contribution in [0.15, 0.2) is 42.7 Å². The van der Waals surface area contributed by atoms with E-state index in [0.717, 1.165) is 41.9 Å². The van der Waals surface area contributed by atoms with Crippen molar-refractivity contribution < 1.29 is 4.79 Å². The van der Waals surface area contributed by atoms with Crippen molar-refractivity contribution >= 4 is 28.3 Å². The van der Waals surface area contributed by atoms with E-state index < -0.39 is 5.91 Å². The van der Waals surface area contributed by atoms with Gasteiger partial charge in [-0.3, -0.25) is 9.48 Å². The lowest BCUT2D eigenvalue weighted by atomic mass is 10.1. The van der Waals surface area contributed by atoms with Gasteiger partial charge in [-0.2, -0.15) is 5.10 Å². The highest BCUT2D eigenvalue weighted by Gasteiger charge is 2.25. The molecule has 0 bridgehead atoms. The third-order valence-electron chi connectivity index (χ3n) is 4.69. The molecule has 3 heterocycles. The summed E-state index contributed by atoms with van der Waals surface area (Å²) in [5, 5.41) is 8.89. The molecular formula is C18H20N6O. The molecule has 1 unspecified atom stereocenters. The van der Waals surface area contributed by atoms with Crippen molar-refractivity contribution in [2.24, 2.45) is 12.8 Å². The van der Waals surface area contributed by atoms with Crippen molar-refractivity contribution in [1.82, 2.24) is 14.8 Å². The maximum Gasteiger partial charge on any atom is 0.250 e. The first-order valence-corrected chi connectivity index (χ1v) is 8.30. The zero-order valence-electron chi connectivity index (χ0n) is 14.0. The molecule has 1 aromatic carbocycles. The van der Waals surface area contributed by atoms with Crippen LogP contribution in [-0.2, 0) is 7.05 Å². The smallest absolute Gasteiger partial charge is 0.250 e. The maximum absolute atomic E-state index is 11.7. The number of benzene rings is 1. The first kappa shape index (κ1) is 15.4. The third kappa shape index (κ3) is 2.77. The summed E-state index contributed by atoms with van der Waals surface area (Å²) in [5.41, 5.74) is 8.88. The fourth-order valence-corrected chi connectivity index (χ4v) is 3.45. The third-order valence-corrected chi connectivity index (χ3v) is 4.69. The molecule has 1 saturated heterocycles. The van der Waals surface area contributed by atoms with E-state index in [-0.39, 0.29) is 6.04 Å². The van der Waals surface area contributed by atoms with Crippen LogP contribution in [0.25, 0.3) is 11.0 Å². The van der Waals surface area contributed by atoms with Gasteiger partial charge in [0, 0.05) is 43.8 Å². The molecule has 1 aliphatic heterocycles. The number of primary amides is 1. The Labute approximate surface area is 145 Å². The number of nitrogens with one attached hydrogen (secondary N) is 1. The van der Waals surface area contributed by atoms with Gasteiger partial charge in [-0.15, -0.1) is 0 Å². The molecule has 7 nitrogen and oxygen atoms in total. The molecule has 3 N–H and O–H groups in total. The molecule has 0 saturated carbocycles. The second-order valence-corrected chi connectivity index (χ2v) is 6.32. The highest BCUT2D eigenvalue weighted by Crippen LogP contribution is 2.27. The molecule has 4 rings (SSSR count). The summed E-state index contributed by atoms with van der Waals surface area (Å²) in [6, 6.07) is 9.76. The molecule has 25 heavy (non-hydrogen) atoms. The normalized spacial score (nSPS) is 17.2. The predicted octanol–water partition coefficient (Wildman–Crippen LogP) is 1.76. The average molecular weight is 336 g/mol. The Morgan fingerprint density at radius 1 is 1.32 bits per heavy atom. The van der Waals surface area contributed by atoms with E-state index in [1.807, 2.05) is 37.5 Å². The lowest BCUT2D eigenvalue weighted by Crippen LogP contribution is -2.28. The second kappa shape index (κ2) is 6.08. The number of nitrogens with two attached hydrogens (primary N) is 1. The maximum atomic E-state index is 11.7. The average Bonchev–Trinajstić information content (AvgIpc) is 3.23. The van der Waals surface area contributed by atoms with E-state index in [9.17, 15) is 4.79 Å². The van der Waals surface area contributed by atoms with Gasteiger partial charge in [0.1, 0.15) is 0 Å². The fraction of sp³-hybridized carbons (Fsp3) is 0.278. The summed E-state index contributed by atoms with van der Waals surface area (Å²) in [4.78, 5) is 18.2. The molecule has 7 heteroatoms. The van der Waals surface area contributed by atoms with Gasteiger partial charge in [0.2, 0.25) is 0 Å². The van der Waals surface area contributed by atoms with E-state index in [0.29, 0.717) is 5.56 Å². The monoisotopic (exact) mass is 336 g/mol. The molecule has 128 valence electrons. The van der Waals surface area contributed by atoms with Gasteiger partial charge in [-0.1, -0.05) is 12.1 Å². The van der Waals surface area contributed by atoms with Crippen molar-refractivity contribution in [2.75, 3.05) is 23.3 Å². The van der Waals surface area contributed by atoms with Crippen LogP contribution in [0.3, 0.4) is 0 Å². The molecule has 1 aliphatic rings. The number of fused-ring (bicyclic) bond motifs is 1. The van der Waals surface area contributed by atoms with Gasteiger partial charge < -0.3 is 16.0 Å². The van der Waals surface area contributed by atoms with Crippen molar-refractivity contribution in [3.8, 4) is 0 Å². The Morgan fingerprint density at radius 3 is 3.00 bits per heavy atom. The molecule has 1 atom stereocenters. The standard InChI is InChI=1S/C18H20N6O/c1-23-18-14(10-21-23)15(6-8-20-18)22-12-7-9-24(11-12)16-5-3-2-4-13(16)17(19)25/h2-6,8,10,12H,7,9,11H2,1H3,(H2,19,25)(H,20,22). The zero-order valence-corrected chi connectivity index (χ0v) is 14.0. The number of hydrogen-bond donors (Lipinski definition) is 2. The molecule has 3 aromatic rings. The molecule has 0 spiro atoms. The number of amides is 1. The van der Waals surface area contributed by atoms with Gasteiger partial charge >= 0.3 is 0 Å². The fourth-order valence-electron chi connectivity index (χ4n) is 3.45. The summed E-state index contributed by atoms with van der Waals surface area (Å²) in [5.74, 6) is -0.391. The lowest BCUT2D eigenvalue weighted by Gasteiger charge is -2.21. The number of para-hydroxylation sites is 1. The number of carbonyl (C=O) groups excluding carboxylic acids is 1. The minimum absolute atomic E-state index is 0.284. The topological polar surface area (TPSA) is 89.1 Å². The Morgan fingerprint density at radius 2 is 2.16 bits per heavy atom. The number of carbonyl (C=O) groups is 1. The summed E-state index contributed by atoms with van der Waals surface area (Å²) in [6.07, 6.45) is 4.61. The number of nitrogens with zero attached hydrogens (tertiary/aromatic N) is 4. The molecular weight excluding hydrogens is 316 g/mol. The molecule has 2 aromatic heterocycles. The van der Waals surface area contributed by atoms with Crippen LogP contribution in [0.2, 0.25) is 0 Å². The zero-order chi connectivity index (χ0) is 17.4. The highest BCUT2D eigenvalue weighted by molar-refractivity contribution is 5.98. The summed E-state index contributed by atoms with van der Waals surface area (Å²) < 4.78 is 1.77. The number of pyridine rings is 1. The van der Waals surface area contributed by atoms with Crippen LogP contribution >= 0.6 is 0 Å². The van der Waals surface area contributed by atoms with E-state index in [2.05, 4.69) is 20.3 Å². The number of hydrogen-bond acceptors (Lipinski definition) is 5. The Bertz CT molecular complexity index is 934. The number of anilines is 2. The van der Waals surface area contributed by atoms with Crippen LogP contribution in [0.1, 0.15) is 16.8 Å². The van der Waals surface area contributed by atoms with Crippen LogP contribution in [0.4, 0.5) is 11.4 Å². The SMILES string of the molecule is Cn1ncc2c(NC3CCN(c4ccccc4C(N)=O)C3)ccnc21. The van der Waals surface area contributed by atoms with E-state index in [1.165, 1.54) is 0 Å². The van der Waals surface area contributed by atoms with E-state index in [1.54, 1.807) is 16.9 Å². The second-order valence-electron chi connectivity index (χ2n) is 6.32. The predicted molar refractivity (Wildman–Crippen MR) is 97.7 cm³/mol. The minimum atomic E-state index is -0.391. The summed E-state index contributed by atoms with van der Waals surface area (Å²) >= 11 is 0. The Balaban J connectivity index is 1.54. The van der Waals surface area contributed by atoms with E-state index in [4.69, 9.17) is 5.73 Å². The number of aromatic nitrogens is 3. The number of aryl methyl sites for hydroxylation is 1. The number of rotatable bonds is 4. The van der Waals surface area contributed by atoms with Crippen molar-refractivity contribution in [3.05, 3.63) is 48.3 Å². The largest absolute Gasteiger partial charge is 0.380 e. The van der Waals surface area contributed by atoms with Gasteiger partial charge in [0.25, 0.3) is 5.91 Å². The van der Waals surface area contributed by atoms with Crippen molar-refractivity contribution in [3.63, 3.8) is 0 Å². The van der Waals surface area contributed by atoms with Gasteiger partial charge in [-0.25, -0.2) is 4.98 Å². The molecule has 1 amide bonds. The van der Waals surface area contributed by atoms with E-state index >= 15 is 0 Å². The van der Waals surface area contributed by atoms with Gasteiger partial charge in [0.05, 0.1) is 17.1 Å². The summed E-state index contributed by atoms with van der Waals surface area (Å²) in [7, 11) is 1.89. The Kier molecular flexibility index (Phi) is 3.76. The molecule has 0 aliphatic carbocycles. The minimum Gasteiger partial charge on any atom is -0.380 e. The van der Waals surface area contributed by atoms with Gasteiger partial charge in [0.15, 0.2) is 5.65 Å². The van der Waals surface area contributed by atoms with Crippen LogP contribution in [0, 0.1) is 0 Å². The summed E-state index contributed by atoms with van der Waals surface area (Å²) in [6.45, 7) is 1.69. The van der Waals surface area contributed by atoms with Crippen LogP contribution in [-0.4, -0.2) is 39.8 Å². The van der Waals surface area contributed by atoms with Crippen molar-refractivity contribution in [1.29, 1.82) is 0 Å². The van der Waals surface area contributed by atoms with Crippen molar-refractivity contribution in [2.45, 2.75) is 12.5 Å². The first-order chi connectivity index (χ1) is 12.1. The molecule has 1 fully saturated rings. The quantitative estimate of drug-likeness (QED) is 0.758. The highest BCUT2D eigenvalue weighted by atomic mass is 16.1.